The quantitative estimate of drug-likeness (QED) is 0.392. The van der Waals surface area contributed by atoms with Gasteiger partial charge in [0.2, 0.25) is 0 Å². The molecule has 0 heterocycles. The standard InChI is InChI=1S/C23H12BrNO7/c24-15-9-14(23(31)32)18(25-21(28)12-7-3-4-8-13(12)22(29)30)17-16(15)19(26)10-5-1-2-6-11(10)20(17)27/h1-9H,(H,25,28)(H,29,30)(H,31,32). The third kappa shape index (κ3) is 3.28. The fourth-order valence-corrected chi connectivity index (χ4v) is 4.20. The largest absolute Gasteiger partial charge is 0.478 e. The Kier molecular flexibility index (Phi) is 5.19. The molecule has 3 aromatic rings. The Balaban J connectivity index is 1.95. The van der Waals surface area contributed by atoms with Crippen molar-refractivity contribution in [3.63, 3.8) is 0 Å². The molecule has 1 amide bonds. The van der Waals surface area contributed by atoms with Gasteiger partial charge in [0.05, 0.1) is 33.5 Å². The van der Waals surface area contributed by atoms with Crippen LogP contribution < -0.4 is 5.32 Å². The van der Waals surface area contributed by atoms with Crippen LogP contribution in [-0.4, -0.2) is 39.6 Å². The van der Waals surface area contributed by atoms with Crippen molar-refractivity contribution in [1.29, 1.82) is 0 Å². The Labute approximate surface area is 188 Å². The van der Waals surface area contributed by atoms with Crippen molar-refractivity contribution in [1.82, 2.24) is 0 Å². The molecule has 32 heavy (non-hydrogen) atoms. The van der Waals surface area contributed by atoms with E-state index in [0.29, 0.717) is 0 Å². The lowest BCUT2D eigenvalue weighted by Gasteiger charge is -2.23. The normalized spacial score (nSPS) is 12.0. The first-order valence-corrected chi connectivity index (χ1v) is 9.93. The van der Waals surface area contributed by atoms with Crippen LogP contribution in [0.25, 0.3) is 0 Å². The van der Waals surface area contributed by atoms with E-state index in [1.807, 2.05) is 0 Å². The summed E-state index contributed by atoms with van der Waals surface area (Å²) in [6.07, 6.45) is 0. The van der Waals surface area contributed by atoms with Gasteiger partial charge < -0.3 is 15.5 Å². The van der Waals surface area contributed by atoms with Gasteiger partial charge in [0.25, 0.3) is 5.91 Å². The predicted octanol–water partition coefficient (Wildman–Crippen LogP) is 3.87. The van der Waals surface area contributed by atoms with Gasteiger partial charge >= 0.3 is 11.9 Å². The van der Waals surface area contributed by atoms with Crippen LogP contribution in [0.1, 0.15) is 62.9 Å². The number of nitrogens with one attached hydrogen (secondary N) is 1. The van der Waals surface area contributed by atoms with Crippen LogP contribution in [0.3, 0.4) is 0 Å². The molecule has 158 valence electrons. The summed E-state index contributed by atoms with van der Waals surface area (Å²) in [4.78, 5) is 62.7. The van der Waals surface area contributed by atoms with Crippen LogP contribution in [0.2, 0.25) is 0 Å². The predicted molar refractivity (Wildman–Crippen MR) is 116 cm³/mol. The maximum atomic E-state index is 13.3. The molecule has 0 saturated carbocycles. The molecule has 0 bridgehead atoms. The van der Waals surface area contributed by atoms with Gasteiger partial charge in [0.1, 0.15) is 0 Å². The van der Waals surface area contributed by atoms with Gasteiger partial charge in [-0.15, -0.1) is 0 Å². The lowest BCUT2D eigenvalue weighted by atomic mass is 9.82. The number of carbonyl (C=O) groups excluding carboxylic acids is 3. The third-order valence-corrected chi connectivity index (χ3v) is 5.65. The highest BCUT2D eigenvalue weighted by atomic mass is 79.9. The van der Waals surface area contributed by atoms with E-state index in [2.05, 4.69) is 21.2 Å². The first-order chi connectivity index (χ1) is 15.2. The van der Waals surface area contributed by atoms with Gasteiger partial charge in [0, 0.05) is 15.6 Å². The zero-order chi connectivity index (χ0) is 23.2. The highest BCUT2D eigenvalue weighted by Gasteiger charge is 2.36. The molecule has 3 N–H and O–H groups in total. The molecule has 3 aromatic carbocycles. The zero-order valence-electron chi connectivity index (χ0n) is 16.0. The summed E-state index contributed by atoms with van der Waals surface area (Å²) in [6, 6.07) is 12.6. The first-order valence-electron chi connectivity index (χ1n) is 9.14. The van der Waals surface area contributed by atoms with Crippen LogP contribution in [0.5, 0.6) is 0 Å². The van der Waals surface area contributed by atoms with Crippen molar-refractivity contribution < 1.29 is 34.2 Å². The summed E-state index contributed by atoms with van der Waals surface area (Å²) in [5.74, 6) is -4.89. The van der Waals surface area contributed by atoms with E-state index in [9.17, 15) is 34.2 Å². The lowest BCUT2D eigenvalue weighted by molar-refractivity contribution is 0.0683. The van der Waals surface area contributed by atoms with E-state index < -0.39 is 35.0 Å². The smallest absolute Gasteiger partial charge is 0.337 e. The van der Waals surface area contributed by atoms with Crippen LogP contribution in [0, 0.1) is 0 Å². The summed E-state index contributed by atoms with van der Waals surface area (Å²) in [7, 11) is 0. The molecule has 0 unspecified atom stereocenters. The van der Waals surface area contributed by atoms with E-state index in [-0.39, 0.29) is 43.5 Å². The number of amides is 1. The van der Waals surface area contributed by atoms with E-state index in [1.54, 1.807) is 12.1 Å². The second-order valence-electron chi connectivity index (χ2n) is 6.84. The molecule has 0 spiro atoms. The number of halogens is 1. The van der Waals surface area contributed by atoms with Gasteiger partial charge in [-0.25, -0.2) is 9.59 Å². The number of aromatic carboxylic acids is 2. The summed E-state index contributed by atoms with van der Waals surface area (Å²) < 4.78 is 0.0849. The second-order valence-corrected chi connectivity index (χ2v) is 7.70. The van der Waals surface area contributed by atoms with Gasteiger partial charge in [-0.3, -0.25) is 14.4 Å². The molecule has 0 saturated heterocycles. The summed E-state index contributed by atoms with van der Waals surface area (Å²) in [5, 5.41) is 21.4. The van der Waals surface area contributed by atoms with Crippen LogP contribution >= 0.6 is 15.9 Å². The number of rotatable bonds is 4. The minimum atomic E-state index is -1.45. The van der Waals surface area contributed by atoms with E-state index in [1.165, 1.54) is 36.4 Å². The van der Waals surface area contributed by atoms with Crippen molar-refractivity contribution >= 4 is 51.0 Å². The van der Waals surface area contributed by atoms with Gasteiger partial charge in [-0.1, -0.05) is 36.4 Å². The van der Waals surface area contributed by atoms with E-state index >= 15 is 0 Å². The number of anilines is 1. The number of carbonyl (C=O) groups is 5. The maximum Gasteiger partial charge on any atom is 0.337 e. The Bertz CT molecular complexity index is 1380. The van der Waals surface area contributed by atoms with Gasteiger partial charge in [0.15, 0.2) is 11.6 Å². The molecule has 0 atom stereocenters. The summed E-state index contributed by atoms with van der Waals surface area (Å²) >= 11 is 3.17. The Hall–Kier alpha value is -4.11. The molecule has 9 heteroatoms. The van der Waals surface area contributed by atoms with Crippen molar-refractivity contribution in [2.45, 2.75) is 0 Å². The number of benzene rings is 3. The number of carboxylic acids is 2. The maximum absolute atomic E-state index is 13.3. The molecule has 0 fully saturated rings. The third-order valence-electron chi connectivity index (χ3n) is 5.02. The van der Waals surface area contributed by atoms with Crippen molar-refractivity contribution in [2.24, 2.45) is 0 Å². The molecule has 1 aliphatic rings. The SMILES string of the molecule is O=C(O)c1ccccc1C(=O)Nc1c(C(=O)O)cc(Br)c2c1C(=O)c1ccccc1C2=O. The average Bonchev–Trinajstić information content (AvgIpc) is 2.77. The molecular weight excluding hydrogens is 482 g/mol. The number of carboxylic acid groups (broad SMARTS) is 2. The number of hydrogen-bond donors (Lipinski definition) is 3. The minimum Gasteiger partial charge on any atom is -0.478 e. The van der Waals surface area contributed by atoms with Gasteiger partial charge in [-0.2, -0.15) is 0 Å². The number of hydrogen-bond acceptors (Lipinski definition) is 5. The fraction of sp³-hybridized carbons (Fsp3) is 0. The van der Waals surface area contributed by atoms with Crippen molar-refractivity contribution in [2.75, 3.05) is 5.32 Å². The Morgan fingerprint density at radius 2 is 1.22 bits per heavy atom. The summed E-state index contributed by atoms with van der Waals surface area (Å²) in [5.41, 5.74) is -1.49. The molecule has 8 nitrogen and oxygen atoms in total. The molecule has 0 radical (unpaired) electrons. The highest BCUT2D eigenvalue weighted by Crippen LogP contribution is 2.39. The number of ketones is 2. The highest BCUT2D eigenvalue weighted by molar-refractivity contribution is 9.10. The minimum absolute atomic E-state index is 0.0703. The second kappa shape index (κ2) is 7.86. The fourth-order valence-electron chi connectivity index (χ4n) is 3.59. The molecular formula is C23H12BrNO7. The summed E-state index contributed by atoms with van der Waals surface area (Å²) in [6.45, 7) is 0. The number of fused-ring (bicyclic) bond motifs is 2. The monoisotopic (exact) mass is 493 g/mol. The lowest BCUT2D eigenvalue weighted by Crippen LogP contribution is -2.27. The molecule has 4 rings (SSSR count). The zero-order valence-corrected chi connectivity index (χ0v) is 17.6. The van der Waals surface area contributed by atoms with Crippen LogP contribution in [0.15, 0.2) is 59.1 Å². The van der Waals surface area contributed by atoms with Gasteiger partial charge in [-0.05, 0) is 34.1 Å². The molecule has 1 aliphatic carbocycles. The van der Waals surface area contributed by atoms with E-state index in [4.69, 9.17) is 0 Å². The average molecular weight is 494 g/mol. The van der Waals surface area contributed by atoms with Crippen molar-refractivity contribution in [3.05, 3.63) is 98.0 Å². The Morgan fingerprint density at radius 3 is 1.78 bits per heavy atom. The topological polar surface area (TPSA) is 138 Å². The van der Waals surface area contributed by atoms with Crippen LogP contribution in [0.4, 0.5) is 5.69 Å². The Morgan fingerprint density at radius 1 is 0.719 bits per heavy atom. The first kappa shape index (κ1) is 21.1. The molecule has 0 aliphatic heterocycles. The van der Waals surface area contributed by atoms with Crippen LogP contribution in [-0.2, 0) is 0 Å². The molecule has 0 aromatic heterocycles. The van der Waals surface area contributed by atoms with Crippen molar-refractivity contribution in [3.8, 4) is 0 Å². The van der Waals surface area contributed by atoms with E-state index in [0.717, 1.165) is 6.07 Å².